The summed E-state index contributed by atoms with van der Waals surface area (Å²) in [4.78, 5) is 25.7. The summed E-state index contributed by atoms with van der Waals surface area (Å²) in [5.74, 6) is 0. The molecule has 0 amide bonds. The highest BCUT2D eigenvalue weighted by molar-refractivity contribution is 5.99. The summed E-state index contributed by atoms with van der Waals surface area (Å²) in [5, 5.41) is 11.3. The molecule has 0 unspecified atom stereocenters. The molecule has 0 fully saturated rings. The van der Waals surface area contributed by atoms with Gasteiger partial charge in [-0.3, -0.25) is 9.97 Å². The summed E-state index contributed by atoms with van der Waals surface area (Å²) < 4.78 is 0. The van der Waals surface area contributed by atoms with Crippen LogP contribution in [0, 0.1) is 0 Å². The van der Waals surface area contributed by atoms with E-state index in [1.54, 1.807) is 0 Å². The van der Waals surface area contributed by atoms with E-state index in [9.17, 15) is 0 Å². The number of rotatable bonds is 5. The van der Waals surface area contributed by atoms with Crippen molar-refractivity contribution < 1.29 is 0 Å². The number of benzene rings is 7. The van der Waals surface area contributed by atoms with E-state index >= 15 is 0 Å². The van der Waals surface area contributed by atoms with E-state index in [2.05, 4.69) is 176 Å². The monoisotopic (exact) mass is 763 g/mol. The van der Waals surface area contributed by atoms with Gasteiger partial charge in [-0.1, -0.05) is 109 Å². The van der Waals surface area contributed by atoms with E-state index in [0.717, 1.165) is 111 Å². The van der Waals surface area contributed by atoms with Crippen LogP contribution in [-0.4, -0.2) is 24.9 Å². The SMILES string of the molecule is c1ccc2cc(-c3cc(-c4cc(-c5ccc6cc7ccccc7cc6n5)nc(-c5ccc6cc7ccccc7cc6n5)c4)cc(-c4cc5ccccc5cn4)c3)ncc2c1. The minimum atomic E-state index is 0.762. The smallest absolute Gasteiger partial charge is 0.0900 e. The second-order valence-electron chi connectivity index (χ2n) is 15.4. The molecule has 5 heterocycles. The van der Waals surface area contributed by atoms with Crippen molar-refractivity contribution in [3.63, 3.8) is 0 Å². The van der Waals surface area contributed by atoms with Crippen LogP contribution in [0.3, 0.4) is 0 Å². The van der Waals surface area contributed by atoms with Gasteiger partial charge in [-0.25, -0.2) is 15.0 Å². The minimum Gasteiger partial charge on any atom is -0.256 e. The van der Waals surface area contributed by atoms with E-state index < -0.39 is 0 Å². The number of hydrogen-bond acceptors (Lipinski definition) is 5. The Morgan fingerprint density at radius 3 is 1.03 bits per heavy atom. The van der Waals surface area contributed by atoms with E-state index in [1.165, 1.54) is 10.8 Å². The third kappa shape index (κ3) is 6.08. The fourth-order valence-corrected chi connectivity index (χ4v) is 8.44. The maximum absolute atomic E-state index is 5.32. The lowest BCUT2D eigenvalue weighted by Gasteiger charge is -2.14. The zero-order valence-corrected chi connectivity index (χ0v) is 32.3. The maximum atomic E-state index is 5.32. The highest BCUT2D eigenvalue weighted by atomic mass is 14.8. The Labute approximate surface area is 345 Å². The standard InChI is InChI=1S/C55H33N5/c1-3-11-36-28-52-40(21-34(36)9-1)17-19-48(58-52)54-30-45(31-55(60-54)49-20-18-41-22-35-10-2-4-12-37(35)29-53(41)59-49)44-23-46(50-26-38-13-5-7-15-42(38)32-56-50)25-47(24-44)51-27-39-14-6-8-16-43(39)33-57-51/h1-33H. The molecular weight excluding hydrogens is 731 g/mol. The molecule has 0 radical (unpaired) electrons. The lowest BCUT2D eigenvalue weighted by atomic mass is 9.94. The molecule has 12 rings (SSSR count). The Balaban J connectivity index is 1.08. The molecule has 0 aliphatic heterocycles. The van der Waals surface area contributed by atoms with Gasteiger partial charge in [-0.15, -0.1) is 0 Å². The molecule has 0 bridgehead atoms. The first-order valence-electron chi connectivity index (χ1n) is 20.1. The molecule has 60 heavy (non-hydrogen) atoms. The number of fused-ring (bicyclic) bond motifs is 6. The topological polar surface area (TPSA) is 64.5 Å². The van der Waals surface area contributed by atoms with Crippen molar-refractivity contribution in [3.8, 4) is 56.4 Å². The van der Waals surface area contributed by atoms with Gasteiger partial charge in [0, 0.05) is 45.1 Å². The van der Waals surface area contributed by atoms with Gasteiger partial charge in [0.15, 0.2) is 0 Å². The first kappa shape index (κ1) is 33.9. The van der Waals surface area contributed by atoms with Crippen LogP contribution in [0.2, 0.25) is 0 Å². The molecule has 5 nitrogen and oxygen atoms in total. The van der Waals surface area contributed by atoms with Gasteiger partial charge in [-0.2, -0.15) is 0 Å². The molecule has 5 heteroatoms. The van der Waals surface area contributed by atoms with Gasteiger partial charge < -0.3 is 0 Å². The first-order chi connectivity index (χ1) is 29.6. The van der Waals surface area contributed by atoms with Gasteiger partial charge in [0.05, 0.1) is 45.2 Å². The summed E-state index contributed by atoms with van der Waals surface area (Å²) in [6.45, 7) is 0. The zero-order chi connectivity index (χ0) is 39.6. The molecule has 0 N–H and O–H groups in total. The molecule has 7 aromatic carbocycles. The van der Waals surface area contributed by atoms with E-state index in [-0.39, 0.29) is 0 Å². The molecule has 0 atom stereocenters. The summed E-state index contributed by atoms with van der Waals surface area (Å²) in [5.41, 5.74) is 10.7. The third-order valence-corrected chi connectivity index (χ3v) is 11.6. The van der Waals surface area contributed by atoms with Crippen molar-refractivity contribution in [2.75, 3.05) is 0 Å². The van der Waals surface area contributed by atoms with Crippen LogP contribution in [0.1, 0.15) is 0 Å². The molecule has 278 valence electrons. The average molecular weight is 764 g/mol. The molecule has 0 spiro atoms. The average Bonchev–Trinajstić information content (AvgIpc) is 3.31. The van der Waals surface area contributed by atoms with Crippen molar-refractivity contribution >= 4 is 64.9 Å². The highest BCUT2D eigenvalue weighted by Crippen LogP contribution is 2.37. The maximum Gasteiger partial charge on any atom is 0.0900 e. The van der Waals surface area contributed by atoms with Gasteiger partial charge in [0.2, 0.25) is 0 Å². The molecule has 0 aliphatic rings. The summed E-state index contributed by atoms with van der Waals surface area (Å²) in [7, 11) is 0. The predicted octanol–water partition coefficient (Wildman–Crippen LogP) is 13.9. The van der Waals surface area contributed by atoms with Crippen LogP contribution in [0.4, 0.5) is 0 Å². The third-order valence-electron chi connectivity index (χ3n) is 11.6. The van der Waals surface area contributed by atoms with Crippen molar-refractivity contribution in [1.29, 1.82) is 0 Å². The quantitative estimate of drug-likeness (QED) is 0.163. The number of nitrogens with zero attached hydrogens (tertiary/aromatic N) is 5. The molecule has 0 aliphatic carbocycles. The van der Waals surface area contributed by atoms with Crippen molar-refractivity contribution in [2.24, 2.45) is 0 Å². The molecule has 5 aromatic heterocycles. The number of pyridine rings is 5. The van der Waals surface area contributed by atoms with Crippen molar-refractivity contribution in [1.82, 2.24) is 24.9 Å². The second-order valence-corrected chi connectivity index (χ2v) is 15.4. The summed E-state index contributed by atoms with van der Waals surface area (Å²) in [6.07, 6.45) is 3.91. The van der Waals surface area contributed by atoms with Crippen LogP contribution in [0.5, 0.6) is 0 Å². The molecule has 12 aromatic rings. The van der Waals surface area contributed by atoms with Gasteiger partial charge in [0.1, 0.15) is 0 Å². The molecule has 0 saturated heterocycles. The van der Waals surface area contributed by atoms with Crippen molar-refractivity contribution in [3.05, 3.63) is 200 Å². The van der Waals surface area contributed by atoms with Crippen LogP contribution in [0.25, 0.3) is 121 Å². The van der Waals surface area contributed by atoms with Gasteiger partial charge >= 0.3 is 0 Å². The largest absolute Gasteiger partial charge is 0.256 e. The Hall–Kier alpha value is -8.15. The fourth-order valence-electron chi connectivity index (χ4n) is 8.44. The lowest BCUT2D eigenvalue weighted by molar-refractivity contribution is 1.25. The zero-order valence-electron chi connectivity index (χ0n) is 32.3. The molecular formula is C55H33N5. The highest BCUT2D eigenvalue weighted by Gasteiger charge is 2.16. The normalized spacial score (nSPS) is 11.7. The second kappa shape index (κ2) is 13.8. The Morgan fingerprint density at radius 1 is 0.217 bits per heavy atom. The molecule has 0 saturated carbocycles. The van der Waals surface area contributed by atoms with Gasteiger partial charge in [-0.05, 0) is 122 Å². The van der Waals surface area contributed by atoms with Crippen LogP contribution >= 0.6 is 0 Å². The van der Waals surface area contributed by atoms with Gasteiger partial charge in [0.25, 0.3) is 0 Å². The van der Waals surface area contributed by atoms with E-state index in [0.29, 0.717) is 0 Å². The predicted molar refractivity (Wildman–Crippen MR) is 248 cm³/mol. The Bertz CT molecular complexity index is 3450. The number of hydrogen-bond donors (Lipinski definition) is 0. The van der Waals surface area contributed by atoms with Crippen LogP contribution in [-0.2, 0) is 0 Å². The summed E-state index contributed by atoms with van der Waals surface area (Å²) >= 11 is 0. The first-order valence-corrected chi connectivity index (χ1v) is 20.1. The van der Waals surface area contributed by atoms with Crippen molar-refractivity contribution in [2.45, 2.75) is 0 Å². The Kier molecular flexibility index (Phi) is 7.78. The van der Waals surface area contributed by atoms with Crippen LogP contribution < -0.4 is 0 Å². The fraction of sp³-hybridized carbons (Fsp3) is 0. The summed E-state index contributed by atoms with van der Waals surface area (Å²) in [6, 6.07) is 66.0. The Morgan fingerprint density at radius 2 is 0.583 bits per heavy atom. The minimum absolute atomic E-state index is 0.762. The number of aromatic nitrogens is 5. The van der Waals surface area contributed by atoms with E-state index in [1.807, 2.05) is 24.5 Å². The lowest BCUT2D eigenvalue weighted by Crippen LogP contribution is -1.96. The van der Waals surface area contributed by atoms with E-state index in [4.69, 9.17) is 24.9 Å². The van der Waals surface area contributed by atoms with Crippen LogP contribution in [0.15, 0.2) is 200 Å².